The summed E-state index contributed by atoms with van der Waals surface area (Å²) in [5.74, 6) is -1.99. The van der Waals surface area contributed by atoms with Crippen molar-refractivity contribution in [2.24, 2.45) is 5.73 Å². The number of carbonyl (C=O) groups excluding carboxylic acids is 3. The molecule has 3 rings (SSSR count). The number of aryl methyl sites for hydroxylation is 2. The number of aromatic nitrogens is 1. The molecule has 0 aliphatic heterocycles. The van der Waals surface area contributed by atoms with Crippen LogP contribution in [-0.4, -0.2) is 29.1 Å². The summed E-state index contributed by atoms with van der Waals surface area (Å²) >= 11 is 0. The fourth-order valence-corrected chi connectivity index (χ4v) is 3.23. The van der Waals surface area contributed by atoms with Crippen LogP contribution in [0.4, 0.5) is 4.39 Å². The maximum absolute atomic E-state index is 14.8. The first-order valence-corrected chi connectivity index (χ1v) is 9.44. The second-order valence-electron chi connectivity index (χ2n) is 7.05. The number of primary amides is 1. The van der Waals surface area contributed by atoms with Gasteiger partial charge in [-0.2, -0.15) is 0 Å². The van der Waals surface area contributed by atoms with E-state index in [0.29, 0.717) is 11.1 Å². The Hall–Kier alpha value is -3.74. The number of rotatable bonds is 7. The first-order chi connectivity index (χ1) is 14.3. The van der Waals surface area contributed by atoms with Crippen molar-refractivity contribution in [3.8, 4) is 11.1 Å². The summed E-state index contributed by atoms with van der Waals surface area (Å²) in [5.41, 5.74) is 7.70. The molecule has 1 heterocycles. The second kappa shape index (κ2) is 8.73. The van der Waals surface area contributed by atoms with Crippen molar-refractivity contribution in [2.75, 3.05) is 6.54 Å². The first-order valence-electron chi connectivity index (χ1n) is 9.44. The highest BCUT2D eigenvalue weighted by Gasteiger charge is 2.26. The minimum Gasteiger partial charge on any atom is -0.370 e. The van der Waals surface area contributed by atoms with Crippen molar-refractivity contribution >= 4 is 17.6 Å². The third-order valence-corrected chi connectivity index (χ3v) is 4.79. The lowest BCUT2D eigenvalue weighted by atomic mass is 9.93. The zero-order valence-electron chi connectivity index (χ0n) is 16.7. The average Bonchev–Trinajstić information content (AvgIpc) is 3.12. The Morgan fingerprint density at radius 1 is 1.03 bits per heavy atom. The van der Waals surface area contributed by atoms with Crippen LogP contribution < -0.4 is 11.1 Å². The molecule has 0 aliphatic carbocycles. The number of carbonyl (C=O) groups is 3. The fourth-order valence-electron chi connectivity index (χ4n) is 3.23. The van der Waals surface area contributed by atoms with E-state index in [2.05, 4.69) is 10.3 Å². The largest absolute Gasteiger partial charge is 0.370 e. The first kappa shape index (κ1) is 21.0. The Morgan fingerprint density at radius 2 is 1.73 bits per heavy atom. The Labute approximate surface area is 173 Å². The molecule has 0 aliphatic rings. The van der Waals surface area contributed by atoms with E-state index in [1.54, 1.807) is 31.2 Å². The van der Waals surface area contributed by atoms with Gasteiger partial charge in [0.2, 0.25) is 11.7 Å². The number of H-pyrrole nitrogens is 1. The number of aromatic amines is 1. The Morgan fingerprint density at radius 3 is 2.37 bits per heavy atom. The Balaban J connectivity index is 2.11. The van der Waals surface area contributed by atoms with Crippen molar-refractivity contribution in [3.63, 3.8) is 0 Å². The summed E-state index contributed by atoms with van der Waals surface area (Å²) in [7, 11) is 0. The van der Waals surface area contributed by atoms with Crippen molar-refractivity contribution < 1.29 is 18.8 Å². The molecule has 0 fully saturated rings. The molecule has 154 valence electrons. The summed E-state index contributed by atoms with van der Waals surface area (Å²) in [4.78, 5) is 39.7. The van der Waals surface area contributed by atoms with Crippen molar-refractivity contribution in [2.45, 2.75) is 20.3 Å². The van der Waals surface area contributed by atoms with E-state index in [-0.39, 0.29) is 41.1 Å². The van der Waals surface area contributed by atoms with Crippen LogP contribution >= 0.6 is 0 Å². The average molecular weight is 407 g/mol. The molecule has 0 atom stereocenters. The quantitative estimate of drug-likeness (QED) is 0.524. The number of nitrogens with one attached hydrogen (secondary N) is 2. The normalized spacial score (nSPS) is 10.6. The Bertz CT molecular complexity index is 1100. The van der Waals surface area contributed by atoms with Gasteiger partial charge in [0, 0.05) is 35.9 Å². The van der Waals surface area contributed by atoms with Gasteiger partial charge in [-0.05, 0) is 25.5 Å². The van der Waals surface area contributed by atoms with E-state index in [1.165, 1.54) is 12.3 Å². The van der Waals surface area contributed by atoms with E-state index in [4.69, 9.17) is 5.73 Å². The number of nitrogens with two attached hydrogens (primary N) is 1. The van der Waals surface area contributed by atoms with Crippen LogP contribution in [0.1, 0.15) is 44.0 Å². The molecule has 2 amide bonds. The molecule has 1 aromatic heterocycles. The molecule has 7 heteroatoms. The molecule has 30 heavy (non-hydrogen) atoms. The van der Waals surface area contributed by atoms with Crippen LogP contribution in [0.2, 0.25) is 0 Å². The third-order valence-electron chi connectivity index (χ3n) is 4.79. The highest BCUT2D eigenvalue weighted by molar-refractivity contribution is 6.15. The molecule has 0 radical (unpaired) electrons. The molecule has 6 nitrogen and oxygen atoms in total. The van der Waals surface area contributed by atoms with Gasteiger partial charge in [-0.1, -0.05) is 42.0 Å². The monoisotopic (exact) mass is 407 g/mol. The minimum atomic E-state index is -0.551. The van der Waals surface area contributed by atoms with Crippen molar-refractivity contribution in [1.29, 1.82) is 0 Å². The van der Waals surface area contributed by atoms with Gasteiger partial charge in [0.1, 0.15) is 5.82 Å². The van der Waals surface area contributed by atoms with Gasteiger partial charge in [-0.25, -0.2) is 4.39 Å². The molecule has 0 spiro atoms. The summed E-state index contributed by atoms with van der Waals surface area (Å²) in [6.45, 7) is 3.65. The molecule has 0 bridgehead atoms. The van der Waals surface area contributed by atoms with E-state index in [0.717, 1.165) is 5.56 Å². The maximum atomic E-state index is 14.8. The lowest BCUT2D eigenvalue weighted by molar-refractivity contribution is -0.117. The number of hydrogen-bond acceptors (Lipinski definition) is 3. The van der Waals surface area contributed by atoms with Gasteiger partial charge in [0.25, 0.3) is 5.91 Å². The molecule has 2 aromatic carbocycles. The Kier molecular flexibility index (Phi) is 6.11. The number of benzene rings is 2. The van der Waals surface area contributed by atoms with E-state index in [9.17, 15) is 18.8 Å². The van der Waals surface area contributed by atoms with Crippen LogP contribution in [0, 0.1) is 19.7 Å². The SMILES string of the molecule is Cc1ccc(C(=O)c2[nH]cc(C(=O)NCCC(N)=O)c2-c2c(C)cccc2F)cc1. The highest BCUT2D eigenvalue weighted by Crippen LogP contribution is 2.34. The molecular weight excluding hydrogens is 385 g/mol. The second-order valence-corrected chi connectivity index (χ2v) is 7.05. The van der Waals surface area contributed by atoms with Crippen LogP contribution in [0.3, 0.4) is 0 Å². The van der Waals surface area contributed by atoms with Crippen LogP contribution in [0.5, 0.6) is 0 Å². The number of halogens is 1. The van der Waals surface area contributed by atoms with Gasteiger partial charge in [0.05, 0.1) is 11.3 Å². The van der Waals surface area contributed by atoms with E-state index < -0.39 is 17.6 Å². The van der Waals surface area contributed by atoms with Gasteiger partial charge >= 0.3 is 0 Å². The van der Waals surface area contributed by atoms with E-state index in [1.807, 2.05) is 19.1 Å². The predicted molar refractivity (Wildman–Crippen MR) is 112 cm³/mol. The molecule has 0 unspecified atom stereocenters. The smallest absolute Gasteiger partial charge is 0.253 e. The molecule has 0 saturated carbocycles. The lowest BCUT2D eigenvalue weighted by Gasteiger charge is -2.12. The van der Waals surface area contributed by atoms with E-state index >= 15 is 0 Å². The topological polar surface area (TPSA) is 105 Å². The zero-order valence-corrected chi connectivity index (χ0v) is 16.7. The van der Waals surface area contributed by atoms with Gasteiger partial charge < -0.3 is 16.0 Å². The van der Waals surface area contributed by atoms with Crippen molar-refractivity contribution in [1.82, 2.24) is 10.3 Å². The predicted octanol–water partition coefficient (Wildman–Crippen LogP) is 3.27. The molecule has 3 aromatic rings. The summed E-state index contributed by atoms with van der Waals surface area (Å²) in [5, 5.41) is 2.59. The van der Waals surface area contributed by atoms with Crippen LogP contribution in [-0.2, 0) is 4.79 Å². The highest BCUT2D eigenvalue weighted by atomic mass is 19.1. The van der Waals surface area contributed by atoms with Crippen LogP contribution in [0.15, 0.2) is 48.7 Å². The van der Waals surface area contributed by atoms with Gasteiger partial charge in [0.15, 0.2) is 0 Å². The summed E-state index contributed by atoms with van der Waals surface area (Å²) in [6.07, 6.45) is 1.35. The minimum absolute atomic E-state index is 0.0284. The standard InChI is InChI=1S/C23H22FN3O3/c1-13-6-8-15(9-7-13)22(29)21-20(19-14(2)4-3-5-17(19)24)16(12-27-21)23(30)26-11-10-18(25)28/h3-9,12,27H,10-11H2,1-2H3,(H2,25,28)(H,26,30). The van der Waals surface area contributed by atoms with Gasteiger partial charge in [-0.15, -0.1) is 0 Å². The van der Waals surface area contributed by atoms with Crippen molar-refractivity contribution in [3.05, 3.63) is 82.4 Å². The molecule has 4 N–H and O–H groups in total. The summed E-state index contributed by atoms with van der Waals surface area (Å²) < 4.78 is 14.8. The zero-order chi connectivity index (χ0) is 21.8. The van der Waals surface area contributed by atoms with Crippen LogP contribution in [0.25, 0.3) is 11.1 Å². The third kappa shape index (κ3) is 4.30. The molecule has 0 saturated heterocycles. The number of amides is 2. The lowest BCUT2D eigenvalue weighted by Crippen LogP contribution is -2.28. The summed E-state index contributed by atoms with van der Waals surface area (Å²) in [6, 6.07) is 11.5. The maximum Gasteiger partial charge on any atom is 0.253 e. The number of ketones is 1. The number of hydrogen-bond donors (Lipinski definition) is 3. The fraction of sp³-hybridized carbons (Fsp3) is 0.174. The van der Waals surface area contributed by atoms with Gasteiger partial charge in [-0.3, -0.25) is 14.4 Å². The molecular formula is C23H22FN3O3.